The number of hydrogen-bond acceptors (Lipinski definition) is 2. The lowest BCUT2D eigenvalue weighted by Gasteiger charge is -2.26. The van der Waals surface area contributed by atoms with Crippen LogP contribution < -0.4 is 5.32 Å². The van der Waals surface area contributed by atoms with Gasteiger partial charge in [-0.2, -0.15) is 13.2 Å². The molecule has 1 aliphatic heterocycles. The summed E-state index contributed by atoms with van der Waals surface area (Å²) in [6.45, 7) is 1.00. The smallest absolute Gasteiger partial charge is 0.314 e. The van der Waals surface area contributed by atoms with Crippen LogP contribution in [0.4, 0.5) is 17.6 Å². The van der Waals surface area contributed by atoms with Gasteiger partial charge in [0.2, 0.25) is 0 Å². The minimum atomic E-state index is -4.63. The molecule has 0 radical (unpaired) electrons. The molecule has 2 rings (SSSR count). The highest BCUT2D eigenvalue weighted by Crippen LogP contribution is 2.33. The van der Waals surface area contributed by atoms with Crippen LogP contribution in [0.1, 0.15) is 11.1 Å². The zero-order valence-electron chi connectivity index (χ0n) is 9.26. The molecule has 1 atom stereocenters. The Labute approximate surface area is 104 Å². The van der Waals surface area contributed by atoms with Crippen molar-refractivity contribution in [3.63, 3.8) is 0 Å². The van der Waals surface area contributed by atoms with E-state index >= 15 is 0 Å². The van der Waals surface area contributed by atoms with Gasteiger partial charge in [0.1, 0.15) is 5.82 Å². The van der Waals surface area contributed by atoms with E-state index in [1.807, 2.05) is 0 Å². The van der Waals surface area contributed by atoms with Crippen LogP contribution in [0.3, 0.4) is 0 Å². The molecule has 0 spiro atoms. The fraction of sp³-hybridized carbons (Fsp3) is 0.455. The Kier molecular flexibility index (Phi) is 3.72. The molecule has 1 aromatic rings. The molecule has 7 heteroatoms. The predicted octanol–water partition coefficient (Wildman–Crippen LogP) is 2.06. The fourth-order valence-electron chi connectivity index (χ4n) is 1.68. The van der Waals surface area contributed by atoms with Gasteiger partial charge in [0, 0.05) is 29.5 Å². The summed E-state index contributed by atoms with van der Waals surface area (Å²) in [6, 6.07) is 2.78. The van der Waals surface area contributed by atoms with Crippen molar-refractivity contribution < 1.29 is 21.8 Å². The second kappa shape index (κ2) is 4.97. The van der Waals surface area contributed by atoms with Crippen LogP contribution in [0.5, 0.6) is 0 Å². The van der Waals surface area contributed by atoms with E-state index in [2.05, 4.69) is 5.32 Å². The van der Waals surface area contributed by atoms with Crippen molar-refractivity contribution in [1.29, 1.82) is 0 Å². The number of rotatable bonds is 3. The quantitative estimate of drug-likeness (QED) is 0.859. The van der Waals surface area contributed by atoms with Crippen LogP contribution in [0, 0.1) is 5.82 Å². The SMILES string of the molecule is O=S(Cc1c(F)cccc1C(F)(F)F)C1CNC1. The predicted molar refractivity (Wildman–Crippen MR) is 59.9 cm³/mol. The number of halogens is 4. The Morgan fingerprint density at radius 3 is 2.50 bits per heavy atom. The molecule has 1 unspecified atom stereocenters. The fourth-order valence-corrected chi connectivity index (χ4v) is 3.10. The molecule has 1 heterocycles. The van der Waals surface area contributed by atoms with Crippen LogP contribution in [0.25, 0.3) is 0 Å². The molecule has 1 saturated heterocycles. The van der Waals surface area contributed by atoms with E-state index in [1.54, 1.807) is 0 Å². The lowest BCUT2D eigenvalue weighted by atomic mass is 10.1. The lowest BCUT2D eigenvalue weighted by molar-refractivity contribution is -0.138. The van der Waals surface area contributed by atoms with Crippen molar-refractivity contribution in [2.75, 3.05) is 13.1 Å². The standard InChI is InChI=1S/C11H11F4NOS/c12-10-3-1-2-9(11(13,14)15)8(10)6-18(17)7-4-16-5-7/h1-3,7,16H,4-6H2. The average molecular weight is 281 g/mol. The second-order valence-electron chi connectivity index (χ2n) is 4.07. The van der Waals surface area contributed by atoms with Crippen molar-refractivity contribution in [1.82, 2.24) is 5.32 Å². The van der Waals surface area contributed by atoms with Crippen molar-refractivity contribution in [3.8, 4) is 0 Å². The van der Waals surface area contributed by atoms with E-state index in [-0.39, 0.29) is 5.25 Å². The zero-order valence-corrected chi connectivity index (χ0v) is 10.1. The molecule has 1 aliphatic rings. The minimum absolute atomic E-state index is 0.189. The highest BCUT2D eigenvalue weighted by molar-refractivity contribution is 7.85. The third kappa shape index (κ3) is 2.72. The summed E-state index contributed by atoms with van der Waals surface area (Å²) >= 11 is 0. The molecular weight excluding hydrogens is 270 g/mol. The van der Waals surface area contributed by atoms with Crippen molar-refractivity contribution in [2.45, 2.75) is 17.2 Å². The van der Waals surface area contributed by atoms with Gasteiger partial charge in [0.05, 0.1) is 16.6 Å². The van der Waals surface area contributed by atoms with Gasteiger partial charge >= 0.3 is 6.18 Å². The maximum atomic E-state index is 13.5. The van der Waals surface area contributed by atoms with Crippen LogP contribution in [-0.2, 0) is 22.7 Å². The molecule has 0 aliphatic carbocycles. The zero-order chi connectivity index (χ0) is 13.3. The molecule has 18 heavy (non-hydrogen) atoms. The monoisotopic (exact) mass is 281 g/mol. The first kappa shape index (κ1) is 13.5. The van der Waals surface area contributed by atoms with Crippen LogP contribution in [-0.4, -0.2) is 22.5 Å². The molecule has 0 saturated carbocycles. The van der Waals surface area contributed by atoms with Gasteiger partial charge in [-0.15, -0.1) is 0 Å². The number of nitrogens with one attached hydrogen (secondary N) is 1. The molecule has 1 N–H and O–H groups in total. The molecule has 2 nitrogen and oxygen atoms in total. The molecular formula is C11H11F4NOS. The first-order chi connectivity index (χ1) is 8.39. The Bertz CT molecular complexity index is 471. The molecule has 0 bridgehead atoms. The maximum absolute atomic E-state index is 13.5. The topological polar surface area (TPSA) is 29.1 Å². The van der Waals surface area contributed by atoms with Crippen molar-refractivity contribution in [3.05, 3.63) is 35.1 Å². The van der Waals surface area contributed by atoms with E-state index in [4.69, 9.17) is 0 Å². The van der Waals surface area contributed by atoms with E-state index in [0.29, 0.717) is 13.1 Å². The summed E-state index contributed by atoms with van der Waals surface area (Å²) in [5, 5.41) is 2.69. The molecule has 1 fully saturated rings. The van der Waals surface area contributed by atoms with Gasteiger partial charge in [0.25, 0.3) is 0 Å². The van der Waals surface area contributed by atoms with Gasteiger partial charge in [-0.3, -0.25) is 4.21 Å². The Hall–Kier alpha value is -0.950. The molecule has 100 valence electrons. The highest BCUT2D eigenvalue weighted by Gasteiger charge is 2.35. The maximum Gasteiger partial charge on any atom is 0.416 e. The van der Waals surface area contributed by atoms with Crippen molar-refractivity contribution >= 4 is 10.8 Å². The summed E-state index contributed by atoms with van der Waals surface area (Å²) < 4.78 is 63.3. The molecule has 0 aromatic heterocycles. The van der Waals surface area contributed by atoms with Crippen LogP contribution in [0.15, 0.2) is 18.2 Å². The minimum Gasteiger partial charge on any atom is -0.314 e. The normalized spacial score (nSPS) is 18.4. The van der Waals surface area contributed by atoms with Gasteiger partial charge in [-0.1, -0.05) is 6.07 Å². The summed E-state index contributed by atoms with van der Waals surface area (Å²) in [5.41, 5.74) is -1.54. The first-order valence-corrected chi connectivity index (χ1v) is 6.70. The van der Waals surface area contributed by atoms with Crippen LogP contribution >= 0.6 is 0 Å². The van der Waals surface area contributed by atoms with Crippen molar-refractivity contribution in [2.24, 2.45) is 0 Å². The second-order valence-corrected chi connectivity index (χ2v) is 5.79. The Morgan fingerprint density at radius 1 is 1.33 bits per heavy atom. The number of benzene rings is 1. The summed E-state index contributed by atoms with van der Waals surface area (Å²) in [7, 11) is -1.49. The number of alkyl halides is 3. The summed E-state index contributed by atoms with van der Waals surface area (Å²) in [5.74, 6) is -1.35. The first-order valence-electron chi connectivity index (χ1n) is 5.32. The van der Waals surface area contributed by atoms with Crippen LogP contribution in [0.2, 0.25) is 0 Å². The lowest BCUT2D eigenvalue weighted by Crippen LogP contribution is -2.49. The third-order valence-electron chi connectivity index (χ3n) is 2.83. The van der Waals surface area contributed by atoms with Gasteiger partial charge in [0.15, 0.2) is 0 Å². The Balaban J connectivity index is 2.28. The largest absolute Gasteiger partial charge is 0.416 e. The van der Waals surface area contributed by atoms with E-state index in [9.17, 15) is 21.8 Å². The van der Waals surface area contributed by atoms with E-state index in [0.717, 1.165) is 18.2 Å². The Morgan fingerprint density at radius 2 is 2.00 bits per heavy atom. The van der Waals surface area contributed by atoms with E-state index < -0.39 is 39.7 Å². The highest BCUT2D eigenvalue weighted by atomic mass is 32.2. The van der Waals surface area contributed by atoms with Gasteiger partial charge < -0.3 is 5.32 Å². The third-order valence-corrected chi connectivity index (χ3v) is 4.48. The molecule has 1 aromatic carbocycles. The average Bonchev–Trinajstić information content (AvgIpc) is 2.16. The van der Waals surface area contributed by atoms with E-state index in [1.165, 1.54) is 0 Å². The summed E-state index contributed by atoms with van der Waals surface area (Å²) in [4.78, 5) is 0. The number of hydrogen-bond donors (Lipinski definition) is 1. The van der Waals surface area contributed by atoms with Gasteiger partial charge in [-0.05, 0) is 12.1 Å². The van der Waals surface area contributed by atoms with Gasteiger partial charge in [-0.25, -0.2) is 4.39 Å². The molecule has 0 amide bonds. The summed E-state index contributed by atoms with van der Waals surface area (Å²) in [6.07, 6.45) is -4.63.